The monoisotopic (exact) mass is 477 g/mol. The maximum atomic E-state index is 12.5. The number of hydrogen-bond donors (Lipinski definition) is 2. The molecule has 1 atom stereocenters. The van der Waals surface area contributed by atoms with Gasteiger partial charge in [-0.3, -0.25) is 14.5 Å². The van der Waals surface area contributed by atoms with Crippen molar-refractivity contribution in [2.24, 2.45) is 0 Å². The lowest BCUT2D eigenvalue weighted by Gasteiger charge is -2.29. The van der Waals surface area contributed by atoms with Crippen LogP contribution in [0.1, 0.15) is 34.8 Å². The molecule has 1 aliphatic rings. The molecule has 2 aromatic rings. The summed E-state index contributed by atoms with van der Waals surface area (Å²) < 4.78 is 39.8. The number of para-hydroxylation sites is 1. The number of likely N-dealkylation sites (tertiary alicyclic amines) is 1. The van der Waals surface area contributed by atoms with Crippen molar-refractivity contribution >= 4 is 11.8 Å². The first-order valence-electron chi connectivity index (χ1n) is 11.0. The molecule has 10 heteroatoms. The molecular formula is C24H29F2N3O5. The number of halogens is 2. The van der Waals surface area contributed by atoms with Crippen LogP contribution in [-0.2, 0) is 4.79 Å². The summed E-state index contributed by atoms with van der Waals surface area (Å²) in [7, 11) is 2.90. The van der Waals surface area contributed by atoms with Gasteiger partial charge >= 0.3 is 6.61 Å². The molecule has 0 bridgehead atoms. The second-order valence-electron chi connectivity index (χ2n) is 7.73. The number of nitrogens with one attached hydrogen (secondary N) is 2. The zero-order valence-corrected chi connectivity index (χ0v) is 19.2. The van der Waals surface area contributed by atoms with Crippen LogP contribution in [0.15, 0.2) is 42.5 Å². The van der Waals surface area contributed by atoms with Crippen molar-refractivity contribution in [2.45, 2.75) is 25.5 Å². The molecule has 0 saturated carbocycles. The molecule has 3 rings (SSSR count). The molecular weight excluding hydrogens is 448 g/mol. The van der Waals surface area contributed by atoms with E-state index in [-0.39, 0.29) is 35.6 Å². The number of amides is 2. The smallest absolute Gasteiger partial charge is 0.387 e. The van der Waals surface area contributed by atoms with E-state index >= 15 is 0 Å². The topological polar surface area (TPSA) is 89.1 Å². The lowest BCUT2D eigenvalue weighted by atomic mass is 10.0. The van der Waals surface area contributed by atoms with Gasteiger partial charge in [-0.1, -0.05) is 18.2 Å². The van der Waals surface area contributed by atoms with Crippen molar-refractivity contribution in [1.29, 1.82) is 0 Å². The molecule has 2 amide bonds. The summed E-state index contributed by atoms with van der Waals surface area (Å²) in [6.45, 7) is -1.03. The van der Waals surface area contributed by atoms with Gasteiger partial charge < -0.3 is 24.8 Å². The third-order valence-electron chi connectivity index (χ3n) is 5.62. The number of carbonyl (C=O) groups is 2. The number of rotatable bonds is 11. The molecule has 34 heavy (non-hydrogen) atoms. The maximum absolute atomic E-state index is 12.5. The summed E-state index contributed by atoms with van der Waals surface area (Å²) in [4.78, 5) is 27.2. The number of benzene rings is 2. The van der Waals surface area contributed by atoms with Gasteiger partial charge in [0.15, 0.2) is 11.5 Å². The Balaban J connectivity index is 1.58. The summed E-state index contributed by atoms with van der Waals surface area (Å²) in [6.07, 6.45) is 2.19. The van der Waals surface area contributed by atoms with Crippen LogP contribution >= 0.6 is 0 Å². The Labute approximate surface area is 197 Å². The largest absolute Gasteiger partial charge is 0.496 e. The van der Waals surface area contributed by atoms with Gasteiger partial charge in [-0.2, -0.15) is 8.78 Å². The third kappa shape index (κ3) is 6.57. The Hall–Kier alpha value is -3.40. The highest BCUT2D eigenvalue weighted by Gasteiger charge is 2.26. The van der Waals surface area contributed by atoms with E-state index in [4.69, 9.17) is 9.47 Å². The Morgan fingerprint density at radius 1 is 0.971 bits per heavy atom. The molecule has 1 aliphatic heterocycles. The zero-order chi connectivity index (χ0) is 24.5. The Morgan fingerprint density at radius 2 is 1.68 bits per heavy atom. The van der Waals surface area contributed by atoms with Gasteiger partial charge in [-0.15, -0.1) is 0 Å². The second kappa shape index (κ2) is 12.2. The highest BCUT2D eigenvalue weighted by atomic mass is 19.3. The van der Waals surface area contributed by atoms with E-state index in [2.05, 4.69) is 20.3 Å². The first-order chi connectivity index (χ1) is 16.4. The van der Waals surface area contributed by atoms with Crippen molar-refractivity contribution in [2.75, 3.05) is 40.4 Å². The van der Waals surface area contributed by atoms with Crippen LogP contribution in [0.25, 0.3) is 0 Å². The third-order valence-corrected chi connectivity index (χ3v) is 5.62. The van der Waals surface area contributed by atoms with Gasteiger partial charge in [-0.25, -0.2) is 0 Å². The molecule has 1 heterocycles. The normalized spacial score (nSPS) is 14.5. The maximum Gasteiger partial charge on any atom is 0.387 e. The minimum atomic E-state index is -3.02. The SMILES string of the molecule is COc1cc(C(=O)NCC(=O)NCC(c2ccccc2OC)N2CCCC2)ccc1OC(F)F. The molecule has 1 saturated heterocycles. The molecule has 8 nitrogen and oxygen atoms in total. The van der Waals surface area contributed by atoms with Crippen LogP contribution in [-0.4, -0.2) is 63.7 Å². The van der Waals surface area contributed by atoms with Crippen LogP contribution in [0, 0.1) is 0 Å². The summed E-state index contributed by atoms with van der Waals surface area (Å²) >= 11 is 0. The summed E-state index contributed by atoms with van der Waals surface area (Å²) in [5.74, 6) is -0.330. The highest BCUT2D eigenvalue weighted by Crippen LogP contribution is 2.31. The standard InChI is InChI=1S/C24H29F2N3O5/c1-32-19-8-4-3-7-17(19)18(29-11-5-6-12-29)14-27-22(30)15-28-23(31)16-9-10-20(34-24(25)26)21(13-16)33-2/h3-4,7-10,13,18,24H,5-6,11-12,14-15H2,1-2H3,(H,27,30)(H,28,31). The lowest BCUT2D eigenvalue weighted by molar-refractivity contribution is -0.120. The summed E-state index contributed by atoms with van der Waals surface area (Å²) in [6, 6.07) is 11.5. The van der Waals surface area contributed by atoms with Crippen LogP contribution < -0.4 is 24.8 Å². The van der Waals surface area contributed by atoms with Gasteiger partial charge in [0.25, 0.3) is 5.91 Å². The van der Waals surface area contributed by atoms with Gasteiger partial charge in [0, 0.05) is 17.7 Å². The van der Waals surface area contributed by atoms with E-state index in [1.54, 1.807) is 7.11 Å². The van der Waals surface area contributed by atoms with Crippen LogP contribution in [0.3, 0.4) is 0 Å². The van der Waals surface area contributed by atoms with E-state index in [1.165, 1.54) is 25.3 Å². The second-order valence-corrected chi connectivity index (χ2v) is 7.73. The van der Waals surface area contributed by atoms with Gasteiger partial charge in [0.2, 0.25) is 5.91 Å². The number of carbonyl (C=O) groups excluding carboxylic acids is 2. The van der Waals surface area contributed by atoms with Crippen LogP contribution in [0.4, 0.5) is 8.78 Å². The number of nitrogens with zero attached hydrogens (tertiary/aromatic N) is 1. The van der Waals surface area contributed by atoms with Crippen LogP contribution in [0.2, 0.25) is 0 Å². The Kier molecular flexibility index (Phi) is 9.03. The van der Waals surface area contributed by atoms with E-state index in [9.17, 15) is 18.4 Å². The molecule has 0 spiro atoms. The molecule has 2 aromatic carbocycles. The van der Waals surface area contributed by atoms with Gasteiger partial charge in [-0.05, 0) is 50.2 Å². The van der Waals surface area contributed by atoms with E-state index < -0.39 is 12.5 Å². The molecule has 0 radical (unpaired) electrons. The Morgan fingerprint density at radius 3 is 2.35 bits per heavy atom. The minimum absolute atomic E-state index is 0.0114. The quantitative estimate of drug-likeness (QED) is 0.517. The average Bonchev–Trinajstić information content (AvgIpc) is 3.37. The molecule has 2 N–H and O–H groups in total. The predicted molar refractivity (Wildman–Crippen MR) is 122 cm³/mol. The van der Waals surface area contributed by atoms with E-state index in [0.717, 1.165) is 37.2 Å². The van der Waals surface area contributed by atoms with E-state index in [0.29, 0.717) is 6.54 Å². The fraction of sp³-hybridized carbons (Fsp3) is 0.417. The minimum Gasteiger partial charge on any atom is -0.496 e. The zero-order valence-electron chi connectivity index (χ0n) is 19.2. The fourth-order valence-electron chi connectivity index (χ4n) is 3.97. The van der Waals surface area contributed by atoms with Crippen molar-refractivity contribution < 1.29 is 32.6 Å². The van der Waals surface area contributed by atoms with E-state index in [1.807, 2.05) is 24.3 Å². The summed E-state index contributed by atoms with van der Waals surface area (Å²) in [5.41, 5.74) is 1.14. The number of alkyl halides is 2. The number of methoxy groups -OCH3 is 2. The molecule has 0 aromatic heterocycles. The van der Waals surface area contributed by atoms with Gasteiger partial charge in [0.05, 0.1) is 26.8 Å². The predicted octanol–water partition coefficient (Wildman–Crippen LogP) is 2.99. The molecule has 184 valence electrons. The fourth-order valence-corrected chi connectivity index (χ4v) is 3.97. The molecule has 1 fully saturated rings. The van der Waals surface area contributed by atoms with Crippen molar-refractivity contribution in [3.05, 3.63) is 53.6 Å². The summed E-state index contributed by atoms with van der Waals surface area (Å²) in [5, 5.41) is 5.42. The van der Waals surface area contributed by atoms with Crippen molar-refractivity contribution in [3.63, 3.8) is 0 Å². The lowest BCUT2D eigenvalue weighted by Crippen LogP contribution is -2.41. The number of ether oxygens (including phenoxy) is 3. The number of hydrogen-bond acceptors (Lipinski definition) is 6. The van der Waals surface area contributed by atoms with Crippen molar-refractivity contribution in [3.8, 4) is 17.2 Å². The Bertz CT molecular complexity index is 983. The van der Waals surface area contributed by atoms with Crippen LogP contribution in [0.5, 0.6) is 17.2 Å². The van der Waals surface area contributed by atoms with Gasteiger partial charge in [0.1, 0.15) is 5.75 Å². The first kappa shape index (κ1) is 25.2. The van der Waals surface area contributed by atoms with Crippen molar-refractivity contribution in [1.82, 2.24) is 15.5 Å². The average molecular weight is 478 g/mol. The first-order valence-corrected chi connectivity index (χ1v) is 11.0. The molecule has 0 aliphatic carbocycles. The highest BCUT2D eigenvalue weighted by molar-refractivity contribution is 5.97. The molecule has 1 unspecified atom stereocenters.